The Morgan fingerprint density at radius 1 is 0.942 bits per heavy atom. The minimum absolute atomic E-state index is 0.118. The molecule has 0 bridgehead atoms. The number of likely N-dealkylation sites (tertiary alicyclic amines) is 1. The molecule has 4 saturated heterocycles. The van der Waals surface area contributed by atoms with Crippen molar-refractivity contribution in [3.05, 3.63) is 106 Å². The van der Waals surface area contributed by atoms with Gasteiger partial charge in [0.05, 0.1) is 40.3 Å². The zero-order valence-electron chi connectivity index (χ0n) is 39.4. The third-order valence-electron chi connectivity index (χ3n) is 16.0. The van der Waals surface area contributed by atoms with Gasteiger partial charge in [0.2, 0.25) is 5.88 Å². The smallest absolute Gasteiger partial charge is 0.293 e. The van der Waals surface area contributed by atoms with Gasteiger partial charge in [0, 0.05) is 74.7 Å². The van der Waals surface area contributed by atoms with E-state index in [0.29, 0.717) is 85.7 Å². The number of anilines is 4. The quantitative estimate of drug-likeness (QED) is 0.0797. The molecule has 16 nitrogen and oxygen atoms in total. The fourth-order valence-electron chi connectivity index (χ4n) is 12.2. The number of nitrogens with zero attached hydrogens (tertiary/aromatic N) is 5. The van der Waals surface area contributed by atoms with Gasteiger partial charge >= 0.3 is 0 Å². The number of amides is 1. The molecule has 69 heavy (non-hydrogen) atoms. The SMILES string of the molecule is CC(C)c1ccccc1[C@@H]1CCCN1C1CC2(CCN(c3ccc(C(=O)NS(=O)(=O)c4ccc(NCC5CCOCC5)c([N+](=O)[O-])c4)c(N4c5cc6cc[nH]c6nc5O[C@H]5CCOC[C@H]54)c3)CC2)C1. The van der Waals surface area contributed by atoms with Crippen LogP contribution in [-0.2, 0) is 19.5 Å². The lowest BCUT2D eigenvalue weighted by molar-refractivity contribution is -0.384. The Labute approximate surface area is 403 Å². The first-order valence-corrected chi connectivity index (χ1v) is 26.3. The summed E-state index contributed by atoms with van der Waals surface area (Å²) in [7, 11) is -4.59. The number of sulfonamides is 1. The summed E-state index contributed by atoms with van der Waals surface area (Å²) in [6.07, 6.45) is 10.7. The molecule has 1 spiro atoms. The zero-order valence-corrected chi connectivity index (χ0v) is 40.2. The monoisotopic (exact) mass is 958 g/mol. The first kappa shape index (κ1) is 45.7. The van der Waals surface area contributed by atoms with Crippen LogP contribution in [0.25, 0.3) is 11.0 Å². The zero-order chi connectivity index (χ0) is 47.4. The first-order valence-electron chi connectivity index (χ1n) is 24.9. The van der Waals surface area contributed by atoms with Crippen LogP contribution >= 0.6 is 0 Å². The highest BCUT2D eigenvalue weighted by Crippen LogP contribution is 2.55. The van der Waals surface area contributed by atoms with E-state index in [4.69, 9.17) is 19.2 Å². The molecule has 6 aliphatic rings. The number of pyridine rings is 1. The molecule has 1 aliphatic carbocycles. The Hall–Kier alpha value is -5.75. The predicted octanol–water partition coefficient (Wildman–Crippen LogP) is 8.83. The lowest BCUT2D eigenvalue weighted by atomic mass is 9.59. The van der Waals surface area contributed by atoms with Crippen LogP contribution in [0.2, 0.25) is 0 Å². The van der Waals surface area contributed by atoms with Crippen molar-refractivity contribution in [2.45, 2.75) is 107 Å². The van der Waals surface area contributed by atoms with Gasteiger partial charge in [0.15, 0.2) is 0 Å². The highest BCUT2D eigenvalue weighted by Gasteiger charge is 2.50. The second-order valence-corrected chi connectivity index (χ2v) is 22.1. The number of hydrogen-bond acceptors (Lipinski definition) is 13. The van der Waals surface area contributed by atoms with Crippen molar-refractivity contribution >= 4 is 55.4 Å². The minimum atomic E-state index is -4.59. The van der Waals surface area contributed by atoms with E-state index in [-0.39, 0.29) is 29.3 Å². The van der Waals surface area contributed by atoms with Crippen molar-refractivity contribution in [1.82, 2.24) is 19.6 Å². The largest absolute Gasteiger partial charge is 0.470 e. The van der Waals surface area contributed by atoms with E-state index in [1.165, 1.54) is 48.9 Å². The van der Waals surface area contributed by atoms with Crippen LogP contribution in [0.1, 0.15) is 105 Å². The number of fused-ring (bicyclic) bond motifs is 3. The molecule has 0 unspecified atom stereocenters. The fraction of sp³-hybridized carbons (Fsp3) is 0.500. The van der Waals surface area contributed by atoms with E-state index < -0.39 is 31.4 Å². The molecule has 1 amide bonds. The summed E-state index contributed by atoms with van der Waals surface area (Å²) in [5.41, 5.74) is 5.91. The maximum Gasteiger partial charge on any atom is 0.293 e. The average Bonchev–Trinajstić information content (AvgIpc) is 4.03. The Kier molecular flexibility index (Phi) is 12.3. The molecule has 3 aromatic carbocycles. The molecule has 364 valence electrons. The standard InChI is InChI=1S/C52H62N8O8S/c1-33(2)39-6-3-4-7-40(39)43-8-5-20-58(43)37-29-52(30-37)17-21-57(22-18-52)36-9-11-41(44(27-36)59-46-26-35-13-19-53-49(35)55-51(46)68-48-16-25-67-32-47(48)59)50(61)56-69(64,65)38-10-12-42(45(28-38)60(62)63)54-31-34-14-23-66-24-15-34/h3-4,6-7,9-13,19,26-28,33-34,37,43,47-48,54H,5,8,14-18,20-25,29-32H2,1-2H3,(H,53,55)(H,56,61)/t43-,47+,48-/m0/s1. The highest BCUT2D eigenvalue weighted by molar-refractivity contribution is 7.90. The molecule has 5 fully saturated rings. The van der Waals surface area contributed by atoms with Gasteiger partial charge in [-0.1, -0.05) is 38.1 Å². The molecule has 17 heteroatoms. The van der Waals surface area contributed by atoms with Crippen LogP contribution < -0.4 is 24.6 Å². The van der Waals surface area contributed by atoms with Crippen molar-refractivity contribution in [1.29, 1.82) is 0 Å². The molecule has 5 aromatic rings. The first-order chi connectivity index (χ1) is 33.4. The molecule has 0 radical (unpaired) electrons. The number of carbonyl (C=O) groups is 1. The summed E-state index contributed by atoms with van der Waals surface area (Å²) in [4.78, 5) is 41.2. The van der Waals surface area contributed by atoms with Crippen LogP contribution in [0, 0.1) is 21.4 Å². The molecule has 5 aliphatic heterocycles. The number of H-pyrrole nitrogens is 1. The van der Waals surface area contributed by atoms with E-state index in [9.17, 15) is 23.3 Å². The third-order valence-corrected chi connectivity index (χ3v) is 17.3. The number of aromatic amines is 1. The minimum Gasteiger partial charge on any atom is -0.470 e. The van der Waals surface area contributed by atoms with Crippen LogP contribution in [0.3, 0.4) is 0 Å². The second kappa shape index (κ2) is 18.5. The van der Waals surface area contributed by atoms with E-state index >= 15 is 0 Å². The Morgan fingerprint density at radius 2 is 1.74 bits per heavy atom. The molecular weight excluding hydrogens is 897 g/mol. The Morgan fingerprint density at radius 3 is 2.54 bits per heavy atom. The van der Waals surface area contributed by atoms with E-state index in [1.807, 2.05) is 35.4 Å². The predicted molar refractivity (Wildman–Crippen MR) is 264 cm³/mol. The number of nitrogens with one attached hydrogen (secondary N) is 3. The fourth-order valence-corrected chi connectivity index (χ4v) is 13.2. The van der Waals surface area contributed by atoms with Crippen LogP contribution in [0.4, 0.5) is 28.4 Å². The molecule has 2 aromatic heterocycles. The van der Waals surface area contributed by atoms with Gasteiger partial charge in [-0.2, -0.15) is 4.98 Å². The summed E-state index contributed by atoms with van der Waals surface area (Å²) < 4.78 is 48.6. The van der Waals surface area contributed by atoms with Crippen molar-refractivity contribution < 1.29 is 32.3 Å². The number of hydrogen-bond donors (Lipinski definition) is 3. The number of benzene rings is 3. The summed E-state index contributed by atoms with van der Waals surface area (Å²) in [5.74, 6) is 0.300. The number of aromatic nitrogens is 2. The van der Waals surface area contributed by atoms with Gasteiger partial charge in [0.1, 0.15) is 23.1 Å². The van der Waals surface area contributed by atoms with E-state index in [1.54, 1.807) is 6.07 Å². The highest BCUT2D eigenvalue weighted by atomic mass is 32.2. The lowest BCUT2D eigenvalue weighted by Crippen LogP contribution is -2.55. The van der Waals surface area contributed by atoms with Crippen molar-refractivity contribution in [2.75, 3.05) is 67.7 Å². The lowest BCUT2D eigenvalue weighted by Gasteiger charge is -2.56. The van der Waals surface area contributed by atoms with Crippen LogP contribution in [0.5, 0.6) is 5.88 Å². The molecular formula is C52H62N8O8S. The van der Waals surface area contributed by atoms with Gasteiger partial charge in [-0.25, -0.2) is 13.1 Å². The number of nitro groups is 1. The normalized spacial score (nSPS) is 23.1. The Balaban J connectivity index is 0.872. The van der Waals surface area contributed by atoms with E-state index in [0.717, 1.165) is 62.5 Å². The van der Waals surface area contributed by atoms with Gasteiger partial charge in [-0.05, 0) is 129 Å². The third kappa shape index (κ3) is 8.80. The number of nitro benzene ring substituents is 1. The summed E-state index contributed by atoms with van der Waals surface area (Å²) in [5, 5.41) is 16.3. The molecule has 11 rings (SSSR count). The number of ether oxygens (including phenoxy) is 3. The summed E-state index contributed by atoms with van der Waals surface area (Å²) in [6.45, 7) is 10.0. The molecule has 3 atom stereocenters. The van der Waals surface area contributed by atoms with Gasteiger partial charge in [0.25, 0.3) is 21.6 Å². The van der Waals surface area contributed by atoms with Crippen molar-refractivity contribution in [2.24, 2.45) is 11.3 Å². The molecule has 1 saturated carbocycles. The summed E-state index contributed by atoms with van der Waals surface area (Å²) >= 11 is 0. The summed E-state index contributed by atoms with van der Waals surface area (Å²) in [6, 6.07) is 22.9. The second-order valence-electron chi connectivity index (χ2n) is 20.4. The van der Waals surface area contributed by atoms with Gasteiger partial charge in [-0.3, -0.25) is 19.8 Å². The number of piperidine rings is 1. The maximum atomic E-state index is 14.7. The number of carbonyl (C=O) groups excluding carboxylic acids is 1. The molecule has 3 N–H and O–H groups in total. The Bertz CT molecular complexity index is 2850. The van der Waals surface area contributed by atoms with Gasteiger partial charge < -0.3 is 34.3 Å². The topological polar surface area (TPSA) is 184 Å². The van der Waals surface area contributed by atoms with E-state index in [2.05, 4.69) is 62.9 Å². The number of rotatable bonds is 12. The van der Waals surface area contributed by atoms with Crippen molar-refractivity contribution in [3.63, 3.8) is 0 Å². The molecule has 7 heterocycles. The van der Waals surface area contributed by atoms with Crippen molar-refractivity contribution in [3.8, 4) is 5.88 Å². The maximum absolute atomic E-state index is 14.7. The van der Waals surface area contributed by atoms with Gasteiger partial charge in [-0.15, -0.1) is 0 Å². The average molecular weight is 959 g/mol. The van der Waals surface area contributed by atoms with Crippen LogP contribution in [-0.4, -0.2) is 105 Å². The van der Waals surface area contributed by atoms with Crippen LogP contribution in [0.15, 0.2) is 83.9 Å².